The number of anilines is 4. The Hall–Kier alpha value is -6.42. The first-order valence-corrected chi connectivity index (χ1v) is 25.5. The fourth-order valence-corrected chi connectivity index (χ4v) is 10.5. The quantitative estimate of drug-likeness (QED) is 0.149. The van der Waals surface area contributed by atoms with Crippen LogP contribution in [0.15, 0.2) is 152 Å². The van der Waals surface area contributed by atoms with E-state index in [-0.39, 0.29) is 96.6 Å². The molecular formula is C68H69N4OPt-3. The van der Waals surface area contributed by atoms with Crippen LogP contribution in [0.2, 0.25) is 0 Å². The predicted molar refractivity (Wildman–Crippen MR) is 306 cm³/mol. The van der Waals surface area contributed by atoms with Gasteiger partial charge in [0.05, 0.1) is 11.0 Å². The Kier molecular flexibility index (Phi) is 10.4. The fourth-order valence-electron chi connectivity index (χ4n) is 10.5. The molecule has 0 unspecified atom stereocenters. The van der Waals surface area contributed by atoms with Gasteiger partial charge in [0.1, 0.15) is 5.82 Å². The SMILES string of the molecule is [2H]c1c([2H])c(C(C)(C)C)c([2H])c([2H])c1-c1cc(C(C)(C)C)cc(-c2ccc3c(c2)C(C)(C)CCC3(C)C)c1N1[CH-]N(c2[c-]c(Oc3[c-]c4c(cc3)c3c([2H])c([2H])c([2H])c([2H])c3n4-c3cc(C(C)(C)C)ccn3)ccc2)c2ccccc21.[Pt]. The number of fused-ring (bicyclic) bond motifs is 5. The summed E-state index contributed by atoms with van der Waals surface area (Å²) in [6.07, 6.45) is 3.82. The van der Waals surface area contributed by atoms with E-state index in [0.717, 1.165) is 46.5 Å². The first kappa shape index (κ1) is 41.9. The normalized spacial score (nSPS) is 16.8. The standard InChI is InChI=1S/C68H69N4O.Pt/c1-64(2,3)46-28-25-44(26-29-46)54-38-48(66(7,8)9)39-55(45-27-32-56-57(37-45)68(12,13)35-34-67(56,10)11)63(54)71-43-70(59-23-16-17-24-60(59)71)49-19-18-20-50(41-49)73-51-30-31-53-52-21-14-15-22-58(52)72(61(53)42-51)62-40-47(33-36-69-62)65(4,5)6;/h14-33,36-40,43H,34-35H2,1-13H3;/q-3;/i14D,15D,21D,22D,25D,26D,28D,29D;. The first-order chi connectivity index (χ1) is 37.9. The molecule has 2 aliphatic rings. The number of rotatable bonds is 7. The van der Waals surface area contributed by atoms with Gasteiger partial charge in [-0.15, -0.1) is 48.1 Å². The topological polar surface area (TPSA) is 33.5 Å². The number of hydrogen-bond donors (Lipinski definition) is 0. The summed E-state index contributed by atoms with van der Waals surface area (Å²) >= 11 is 0. The third kappa shape index (κ3) is 9.18. The molecule has 0 bridgehead atoms. The van der Waals surface area contributed by atoms with Crippen molar-refractivity contribution in [1.29, 1.82) is 0 Å². The Morgan fingerprint density at radius 1 is 0.581 bits per heavy atom. The molecule has 1 aliphatic heterocycles. The van der Waals surface area contributed by atoms with Crippen LogP contribution < -0.4 is 14.5 Å². The van der Waals surface area contributed by atoms with Gasteiger partial charge in [0.25, 0.3) is 0 Å². The summed E-state index contributed by atoms with van der Waals surface area (Å²) < 4.78 is 82.5. The maximum atomic E-state index is 9.82. The summed E-state index contributed by atoms with van der Waals surface area (Å²) in [4.78, 5) is 8.92. The zero-order chi connectivity index (χ0) is 58.4. The van der Waals surface area contributed by atoms with Crippen LogP contribution in [0, 0.1) is 18.8 Å². The van der Waals surface area contributed by atoms with Crippen molar-refractivity contribution in [2.45, 2.75) is 130 Å². The van der Waals surface area contributed by atoms with Gasteiger partial charge in [-0.1, -0.05) is 168 Å². The van der Waals surface area contributed by atoms with Gasteiger partial charge in [-0.05, 0) is 127 Å². The molecule has 6 heteroatoms. The van der Waals surface area contributed by atoms with E-state index in [1.807, 2.05) is 80.9 Å². The zero-order valence-corrected chi connectivity index (χ0v) is 47.1. The van der Waals surface area contributed by atoms with Crippen LogP contribution in [0.1, 0.15) is 142 Å². The van der Waals surface area contributed by atoms with E-state index in [4.69, 9.17) is 15.2 Å². The number of pyridine rings is 1. The van der Waals surface area contributed by atoms with Gasteiger partial charge in [0.2, 0.25) is 0 Å². The van der Waals surface area contributed by atoms with Crippen LogP contribution in [0.25, 0.3) is 49.9 Å². The fraction of sp³-hybridized carbons (Fsp3) is 0.294. The Labute approximate surface area is 466 Å². The largest absolute Gasteiger partial charge is 0.509 e. The second kappa shape index (κ2) is 18.4. The Balaban J connectivity index is 0.00000753. The van der Waals surface area contributed by atoms with E-state index in [1.165, 1.54) is 11.1 Å². The predicted octanol–water partition coefficient (Wildman–Crippen LogP) is 18.6. The molecule has 9 aromatic rings. The van der Waals surface area contributed by atoms with Crippen molar-refractivity contribution in [1.82, 2.24) is 9.55 Å². The molecule has 11 rings (SSSR count). The molecule has 0 fully saturated rings. The number of nitrogens with zero attached hydrogens (tertiary/aromatic N) is 4. The molecule has 380 valence electrons. The average Bonchev–Trinajstić information content (AvgIpc) is 1.70. The van der Waals surface area contributed by atoms with Crippen molar-refractivity contribution in [3.8, 4) is 39.6 Å². The first-order valence-electron chi connectivity index (χ1n) is 29.5. The molecule has 1 aliphatic carbocycles. The molecule has 74 heavy (non-hydrogen) atoms. The van der Waals surface area contributed by atoms with Gasteiger partial charge in [0, 0.05) is 72.5 Å². The van der Waals surface area contributed by atoms with Crippen molar-refractivity contribution in [2.75, 3.05) is 9.80 Å². The van der Waals surface area contributed by atoms with E-state index in [0.29, 0.717) is 61.6 Å². The molecule has 0 amide bonds. The Morgan fingerprint density at radius 2 is 1.22 bits per heavy atom. The van der Waals surface area contributed by atoms with Gasteiger partial charge < -0.3 is 19.1 Å². The van der Waals surface area contributed by atoms with Crippen molar-refractivity contribution in [2.24, 2.45) is 0 Å². The minimum atomic E-state index is -0.653. The number of ether oxygens (including phenoxy) is 1. The van der Waals surface area contributed by atoms with Crippen LogP contribution in [-0.4, -0.2) is 9.55 Å². The van der Waals surface area contributed by atoms with E-state index in [2.05, 4.69) is 123 Å². The average molecular weight is 1160 g/mol. The molecule has 0 N–H and O–H groups in total. The Morgan fingerprint density at radius 3 is 1.91 bits per heavy atom. The van der Waals surface area contributed by atoms with Crippen molar-refractivity contribution >= 4 is 44.6 Å². The molecular weight excluding hydrogens is 1080 g/mol. The third-order valence-electron chi connectivity index (χ3n) is 15.0. The van der Waals surface area contributed by atoms with Crippen LogP contribution in [0.5, 0.6) is 11.5 Å². The third-order valence-corrected chi connectivity index (χ3v) is 15.0. The second-order valence-corrected chi connectivity index (χ2v) is 24.3. The van der Waals surface area contributed by atoms with E-state index in [9.17, 15) is 5.48 Å². The summed E-state index contributed by atoms with van der Waals surface area (Å²) in [5, 5.41) is 0.936. The maximum absolute atomic E-state index is 9.82. The summed E-state index contributed by atoms with van der Waals surface area (Å²) in [5.74, 6) is 1.20. The van der Waals surface area contributed by atoms with Gasteiger partial charge >= 0.3 is 0 Å². The summed E-state index contributed by atoms with van der Waals surface area (Å²) in [5.41, 5.74) is 10.1. The molecule has 0 saturated heterocycles. The van der Waals surface area contributed by atoms with Gasteiger partial charge in [-0.25, -0.2) is 4.98 Å². The summed E-state index contributed by atoms with van der Waals surface area (Å²) in [7, 11) is 0. The monoisotopic (exact) mass is 1160 g/mol. The zero-order valence-electron chi connectivity index (χ0n) is 52.8. The van der Waals surface area contributed by atoms with Crippen molar-refractivity contribution in [3.63, 3.8) is 0 Å². The van der Waals surface area contributed by atoms with Crippen LogP contribution in [-0.2, 0) is 48.1 Å². The Bertz CT molecular complexity index is 4060. The van der Waals surface area contributed by atoms with Gasteiger partial charge in [-0.3, -0.25) is 0 Å². The second-order valence-electron chi connectivity index (χ2n) is 24.3. The smallest absolute Gasteiger partial charge is 0.135 e. The maximum Gasteiger partial charge on any atom is 0.135 e. The molecule has 0 spiro atoms. The van der Waals surface area contributed by atoms with Crippen molar-refractivity contribution in [3.05, 3.63) is 198 Å². The molecule has 7 aromatic carbocycles. The molecule has 0 radical (unpaired) electrons. The number of benzene rings is 7. The van der Waals surface area contributed by atoms with E-state index >= 15 is 0 Å². The number of aromatic nitrogens is 2. The number of para-hydroxylation sites is 3. The van der Waals surface area contributed by atoms with E-state index in [1.54, 1.807) is 22.9 Å². The minimum Gasteiger partial charge on any atom is -0.509 e. The van der Waals surface area contributed by atoms with Crippen molar-refractivity contribution < 1.29 is 36.8 Å². The summed E-state index contributed by atoms with van der Waals surface area (Å²) in [6.45, 7) is 29.9. The minimum absolute atomic E-state index is 0. The van der Waals surface area contributed by atoms with Crippen LogP contribution in [0.3, 0.4) is 0 Å². The van der Waals surface area contributed by atoms with E-state index < -0.39 is 5.41 Å². The molecule has 0 atom stereocenters. The van der Waals surface area contributed by atoms with Crippen LogP contribution in [0.4, 0.5) is 22.7 Å². The molecule has 0 saturated carbocycles. The number of hydrogen-bond acceptors (Lipinski definition) is 4. The summed E-state index contributed by atoms with van der Waals surface area (Å²) in [6, 6.07) is 38.1. The van der Waals surface area contributed by atoms with Gasteiger partial charge in [-0.2, -0.15) is 12.1 Å². The van der Waals surface area contributed by atoms with Gasteiger partial charge in [0.15, 0.2) is 0 Å². The molecule has 5 nitrogen and oxygen atoms in total. The molecule has 3 heterocycles. The van der Waals surface area contributed by atoms with Crippen LogP contribution >= 0.6 is 0 Å². The molecule has 2 aromatic heterocycles.